The Kier molecular flexibility index (Phi) is 14.4. The second kappa shape index (κ2) is 19.0. The van der Waals surface area contributed by atoms with Gasteiger partial charge in [0.05, 0.1) is 6.20 Å². The Balaban J connectivity index is 0.000000324. The summed E-state index contributed by atoms with van der Waals surface area (Å²) in [7, 11) is 0. The predicted octanol–water partition coefficient (Wildman–Crippen LogP) is 8.33. The third-order valence-corrected chi connectivity index (χ3v) is 9.77. The molecule has 0 spiro atoms. The van der Waals surface area contributed by atoms with Crippen LogP contribution in [0.15, 0.2) is 48.9 Å². The van der Waals surface area contributed by atoms with E-state index >= 15 is 35.1 Å². The maximum atomic E-state index is 15.4. The molecule has 0 bridgehead atoms. The summed E-state index contributed by atoms with van der Waals surface area (Å²) < 4.78 is 296. The summed E-state index contributed by atoms with van der Waals surface area (Å²) in [5.41, 5.74) is -13.3. The van der Waals surface area contributed by atoms with Gasteiger partial charge in [-0.3, -0.25) is 9.59 Å². The normalized spacial score (nSPS) is 11.6. The lowest BCUT2D eigenvalue weighted by molar-refractivity contribution is -0.683. The Labute approximate surface area is 355 Å². The van der Waals surface area contributed by atoms with Crippen LogP contribution in [0.2, 0.25) is 0 Å². The first-order chi connectivity index (χ1) is 30.8. The lowest BCUT2D eigenvalue weighted by atomic mass is 9.12. The highest BCUT2D eigenvalue weighted by Gasteiger charge is 2.52. The van der Waals surface area contributed by atoms with Crippen LogP contribution in [0.4, 0.5) is 87.8 Å². The van der Waals surface area contributed by atoms with Crippen LogP contribution >= 0.6 is 0 Å². The highest BCUT2D eigenvalue weighted by atomic mass is 19.2. The van der Waals surface area contributed by atoms with Crippen LogP contribution in [0.3, 0.4) is 0 Å². The number of carbonyl (C=O) groups excluding carboxylic acids is 2. The van der Waals surface area contributed by atoms with E-state index in [0.717, 1.165) is 0 Å². The number of nitrogens with zero attached hydrogens (tertiary/aromatic N) is 2. The van der Waals surface area contributed by atoms with E-state index in [2.05, 4.69) is 4.98 Å². The summed E-state index contributed by atoms with van der Waals surface area (Å²) in [6.07, 6.45) is -1.85. The van der Waals surface area contributed by atoms with E-state index in [9.17, 15) is 62.3 Å². The summed E-state index contributed by atoms with van der Waals surface area (Å²) in [6.45, 7) is 4.19. The largest absolute Gasteiger partial charge is 0.292 e. The molecule has 6 rings (SSSR count). The van der Waals surface area contributed by atoms with E-state index in [1.807, 2.05) is 32.0 Å². The molecule has 0 fully saturated rings. The van der Waals surface area contributed by atoms with E-state index in [0.29, 0.717) is 23.6 Å². The molecule has 0 N–H and O–H groups in total. The molecule has 0 saturated heterocycles. The van der Waals surface area contributed by atoms with Crippen molar-refractivity contribution < 1.29 is 102 Å². The monoisotopic (exact) mass is 962 g/mol. The van der Waals surface area contributed by atoms with Crippen molar-refractivity contribution in [3.63, 3.8) is 0 Å². The number of Topliss-reactive ketones (excluding diaryl/α,β-unsaturated/α-hetero) is 2. The Morgan fingerprint density at radius 1 is 0.455 bits per heavy atom. The minimum atomic E-state index is -7.22. The number of ketones is 2. The van der Waals surface area contributed by atoms with Crippen LogP contribution in [0.1, 0.15) is 41.1 Å². The van der Waals surface area contributed by atoms with Crippen LogP contribution in [0, 0.1) is 122 Å². The van der Waals surface area contributed by atoms with Crippen molar-refractivity contribution in [2.75, 3.05) is 0 Å². The molecule has 0 amide bonds. The van der Waals surface area contributed by atoms with Gasteiger partial charge in [0, 0.05) is 12.0 Å². The van der Waals surface area contributed by atoms with E-state index in [-0.39, 0.29) is 18.1 Å². The minimum Gasteiger partial charge on any atom is -0.292 e. The summed E-state index contributed by atoms with van der Waals surface area (Å²) in [5.74, 6) is -71.1. The molecule has 0 atom stereocenters. The van der Waals surface area contributed by atoms with Gasteiger partial charge in [-0.25, -0.2) is 92.8 Å². The van der Waals surface area contributed by atoms with Crippen LogP contribution in [-0.2, 0) is 6.54 Å². The van der Waals surface area contributed by atoms with Gasteiger partial charge in [0.1, 0.15) is 52.7 Å². The number of aromatic nitrogens is 2. The molecule has 0 unspecified atom stereocenters. The fourth-order valence-corrected chi connectivity index (χ4v) is 6.91. The maximum absolute atomic E-state index is 15.4. The number of rotatable bonds is 10. The van der Waals surface area contributed by atoms with Gasteiger partial charge in [0.25, 0.3) is 0 Å². The minimum absolute atomic E-state index is 0.00603. The summed E-state index contributed by atoms with van der Waals surface area (Å²) >= 11 is 0. The lowest BCUT2D eigenvalue weighted by Gasteiger charge is -2.44. The Morgan fingerprint density at radius 2 is 0.742 bits per heavy atom. The second-order valence-electron chi connectivity index (χ2n) is 14.2. The number of hydrogen-bond acceptors (Lipinski definition) is 3. The first-order valence-corrected chi connectivity index (χ1v) is 18.0. The van der Waals surface area contributed by atoms with Crippen molar-refractivity contribution in [2.24, 2.45) is 5.92 Å². The van der Waals surface area contributed by atoms with Gasteiger partial charge >= 0.3 is 0 Å². The van der Waals surface area contributed by atoms with Gasteiger partial charge < -0.3 is 0 Å². The van der Waals surface area contributed by atoms with Crippen LogP contribution in [-0.4, -0.2) is 22.7 Å². The number of hydrogen-bond donors (Lipinski definition) is 0. The number of benzene rings is 5. The zero-order valence-electron chi connectivity index (χ0n) is 32.5. The van der Waals surface area contributed by atoms with Crippen molar-refractivity contribution in [3.8, 4) is 0 Å². The van der Waals surface area contributed by atoms with Crippen LogP contribution < -0.4 is 26.4 Å². The quantitative estimate of drug-likeness (QED) is 0.0347. The fourth-order valence-electron chi connectivity index (χ4n) is 6.91. The van der Waals surface area contributed by atoms with Crippen molar-refractivity contribution in [1.29, 1.82) is 0 Å². The summed E-state index contributed by atoms with van der Waals surface area (Å²) in [6, 6.07) is 9.12. The Bertz CT molecular complexity index is 2570. The average molecular weight is 962 g/mol. The number of halogens is 20. The van der Waals surface area contributed by atoms with Crippen molar-refractivity contribution in [2.45, 2.75) is 26.8 Å². The van der Waals surface area contributed by atoms with Gasteiger partial charge in [-0.05, 0) is 5.92 Å². The predicted molar refractivity (Wildman–Crippen MR) is 188 cm³/mol. The Hall–Kier alpha value is -6.82. The van der Waals surface area contributed by atoms with Gasteiger partial charge in [-0.1, -0.05) is 44.2 Å². The standard InChI is InChI=1S/C24BF20.C17H19N2O2/c26-5-1(6(27)14(35)21(42)13(5)34)25(2-7(28)15(36)22(43)16(37)8(2)29,3-9(30)17(38)23(44)18(39)10(3)31)4-11(32)19(40)24(45)20(41)12(4)33;1-13(2)10-16(20)15-11-19(9-8-18-15)12-17(21)14-6-4-3-5-7-14/h;3-9,11,13H,10,12H2,1-2H3/q-1;+1. The SMILES string of the molecule is CC(C)CC(=O)c1c[n+](CC(=O)c2ccccc2)ccn1.Fc1c(F)c(F)c([B-](c2c(F)c(F)c(F)c(F)c2F)(c2c(F)c(F)c(F)c(F)c2F)c2c(F)c(F)c(F)c(F)c2F)c(F)c1F. The van der Waals surface area contributed by atoms with Crippen LogP contribution in [0.5, 0.6) is 0 Å². The molecule has 348 valence electrons. The van der Waals surface area contributed by atoms with E-state index in [1.54, 1.807) is 35.3 Å². The molecular weight excluding hydrogens is 943 g/mol. The highest BCUT2D eigenvalue weighted by molar-refractivity contribution is 7.20. The smallest absolute Gasteiger partial charge is 0.227 e. The molecule has 1 heterocycles. The second-order valence-corrected chi connectivity index (χ2v) is 14.2. The first-order valence-electron chi connectivity index (χ1n) is 18.0. The van der Waals surface area contributed by atoms with E-state index in [1.165, 1.54) is 0 Å². The third kappa shape index (κ3) is 8.33. The average Bonchev–Trinajstić information content (AvgIpc) is 3.29. The molecule has 25 heteroatoms. The molecule has 0 aliphatic carbocycles. The Morgan fingerprint density at radius 3 is 1.03 bits per heavy atom. The highest BCUT2D eigenvalue weighted by Crippen LogP contribution is 2.31. The van der Waals surface area contributed by atoms with Gasteiger partial charge in [-0.2, -0.15) is 4.57 Å². The lowest BCUT2D eigenvalue weighted by Crippen LogP contribution is -2.81. The van der Waals surface area contributed by atoms with E-state index < -0.39 is 144 Å². The molecule has 0 radical (unpaired) electrons. The molecule has 0 aliphatic heterocycles. The molecule has 0 aliphatic rings. The van der Waals surface area contributed by atoms with Gasteiger partial charge in [0.2, 0.25) is 12.3 Å². The maximum Gasteiger partial charge on any atom is 0.227 e. The first kappa shape index (κ1) is 50.2. The zero-order valence-corrected chi connectivity index (χ0v) is 32.5. The van der Waals surface area contributed by atoms with Crippen LogP contribution in [0.25, 0.3) is 0 Å². The van der Waals surface area contributed by atoms with Crippen molar-refractivity contribution in [1.82, 2.24) is 4.98 Å². The van der Waals surface area contributed by atoms with Gasteiger partial charge in [0.15, 0.2) is 93.7 Å². The molecule has 6 aromatic rings. The van der Waals surface area contributed by atoms with Gasteiger partial charge in [-0.15, -0.1) is 21.9 Å². The fraction of sp³-hybridized carbons (Fsp3) is 0.122. The van der Waals surface area contributed by atoms with Crippen molar-refractivity contribution in [3.05, 3.63) is 177 Å². The summed E-state index contributed by atoms with van der Waals surface area (Å²) in [5, 5.41) is 0. The molecular formula is C41H19BF20N2O2. The summed E-state index contributed by atoms with van der Waals surface area (Å²) in [4.78, 5) is 28.2. The van der Waals surface area contributed by atoms with Crippen molar-refractivity contribution >= 4 is 39.6 Å². The third-order valence-electron chi connectivity index (χ3n) is 9.77. The zero-order chi connectivity index (χ0) is 49.6. The molecule has 5 aromatic carbocycles. The molecule has 1 aromatic heterocycles. The van der Waals surface area contributed by atoms with E-state index in [4.69, 9.17) is 0 Å². The topological polar surface area (TPSA) is 50.9 Å². The molecule has 4 nitrogen and oxygen atoms in total. The number of carbonyl (C=O) groups is 2. The molecule has 66 heavy (non-hydrogen) atoms. The molecule has 0 saturated carbocycles.